The van der Waals surface area contributed by atoms with Gasteiger partial charge in [-0.05, 0) is 5.56 Å². The van der Waals surface area contributed by atoms with E-state index >= 15 is 0 Å². The number of carbonyl (C=O) groups excluding carboxylic acids is 1. The molecule has 1 heterocycles. The van der Waals surface area contributed by atoms with E-state index < -0.39 is 0 Å². The Morgan fingerprint density at radius 2 is 2.05 bits per heavy atom. The summed E-state index contributed by atoms with van der Waals surface area (Å²) >= 11 is 0. The Morgan fingerprint density at radius 3 is 2.68 bits per heavy atom. The first kappa shape index (κ1) is 13.2. The van der Waals surface area contributed by atoms with Crippen LogP contribution in [0, 0.1) is 0 Å². The van der Waals surface area contributed by atoms with Gasteiger partial charge in [0.25, 0.3) is 0 Å². The van der Waals surface area contributed by atoms with Gasteiger partial charge >= 0.3 is 0 Å². The molecule has 0 aliphatic rings. The summed E-state index contributed by atoms with van der Waals surface area (Å²) in [5.74, 6) is 0.521. The zero-order valence-corrected chi connectivity index (χ0v) is 10.8. The Labute approximate surface area is 112 Å². The molecule has 0 bridgehead atoms. The first-order valence-corrected chi connectivity index (χ1v) is 6.17. The third-order valence-corrected chi connectivity index (χ3v) is 2.63. The van der Waals surface area contributed by atoms with E-state index in [9.17, 15) is 4.79 Å². The zero-order valence-electron chi connectivity index (χ0n) is 10.8. The highest BCUT2D eigenvalue weighted by Gasteiger charge is 2.14. The molecule has 0 spiro atoms. The van der Waals surface area contributed by atoms with Crippen LogP contribution >= 0.6 is 0 Å². The Hall–Kier alpha value is -2.27. The maximum atomic E-state index is 11.9. The van der Waals surface area contributed by atoms with E-state index in [1.54, 1.807) is 12.3 Å². The van der Waals surface area contributed by atoms with Crippen molar-refractivity contribution in [1.82, 2.24) is 15.4 Å². The molecule has 2 rings (SSSR count). The second-order valence-electron chi connectivity index (χ2n) is 3.97. The number of nitrogens with zero attached hydrogens (tertiary/aromatic N) is 3. The molecular formula is C14H16N4O. The van der Waals surface area contributed by atoms with Crippen molar-refractivity contribution in [3.05, 3.63) is 54.5 Å². The van der Waals surface area contributed by atoms with E-state index in [2.05, 4.69) is 15.4 Å². The van der Waals surface area contributed by atoms with Gasteiger partial charge < -0.3 is 0 Å². The molecule has 0 fully saturated rings. The van der Waals surface area contributed by atoms with Gasteiger partial charge in [0.2, 0.25) is 5.91 Å². The smallest absolute Gasteiger partial charge is 0.242 e. The molecule has 0 aliphatic carbocycles. The highest BCUT2D eigenvalue weighted by Crippen LogP contribution is 2.08. The minimum atomic E-state index is -0.0327. The standard InChI is InChI=1S/C14H16N4O/c1-2-14(19)18(13-8-9-15-11-16-13)17-10-12-6-4-3-5-7-12/h3-9,11,17H,2,10H2,1H3. The van der Waals surface area contributed by atoms with Crippen LogP contribution in [0.25, 0.3) is 0 Å². The van der Waals surface area contributed by atoms with Crippen molar-refractivity contribution in [3.8, 4) is 0 Å². The predicted octanol–water partition coefficient (Wildman–Crippen LogP) is 1.92. The molecule has 0 radical (unpaired) electrons. The molecule has 0 saturated carbocycles. The van der Waals surface area contributed by atoms with Gasteiger partial charge in [0.15, 0.2) is 5.82 Å². The quantitative estimate of drug-likeness (QED) is 0.830. The van der Waals surface area contributed by atoms with Gasteiger partial charge in [0, 0.05) is 25.2 Å². The van der Waals surface area contributed by atoms with E-state index in [0.29, 0.717) is 18.8 Å². The molecule has 1 amide bonds. The molecule has 1 aromatic carbocycles. The van der Waals surface area contributed by atoms with Crippen LogP contribution in [0.2, 0.25) is 0 Å². The summed E-state index contributed by atoms with van der Waals surface area (Å²) in [6.45, 7) is 2.39. The zero-order chi connectivity index (χ0) is 13.5. The van der Waals surface area contributed by atoms with Crippen LogP contribution in [0.5, 0.6) is 0 Å². The molecule has 0 aliphatic heterocycles. The number of hydrogen-bond acceptors (Lipinski definition) is 4. The third-order valence-electron chi connectivity index (χ3n) is 2.63. The number of carbonyl (C=O) groups is 1. The number of hydrazine groups is 1. The molecular weight excluding hydrogens is 240 g/mol. The SMILES string of the molecule is CCC(=O)N(NCc1ccccc1)c1ccncn1. The van der Waals surface area contributed by atoms with E-state index in [4.69, 9.17) is 0 Å². The van der Waals surface area contributed by atoms with E-state index in [-0.39, 0.29) is 5.91 Å². The number of anilines is 1. The Morgan fingerprint density at radius 1 is 1.26 bits per heavy atom. The highest BCUT2D eigenvalue weighted by molar-refractivity contribution is 5.91. The van der Waals surface area contributed by atoms with E-state index in [0.717, 1.165) is 5.56 Å². The van der Waals surface area contributed by atoms with Gasteiger partial charge in [-0.15, -0.1) is 0 Å². The third kappa shape index (κ3) is 3.59. The fourth-order valence-corrected chi connectivity index (χ4v) is 1.64. The van der Waals surface area contributed by atoms with Crippen molar-refractivity contribution in [2.45, 2.75) is 19.9 Å². The molecule has 98 valence electrons. The molecule has 1 N–H and O–H groups in total. The van der Waals surface area contributed by atoms with Crippen LogP contribution in [0.3, 0.4) is 0 Å². The molecule has 0 saturated heterocycles. The lowest BCUT2D eigenvalue weighted by atomic mass is 10.2. The van der Waals surface area contributed by atoms with Crippen LogP contribution in [0.1, 0.15) is 18.9 Å². The average Bonchev–Trinajstić information content (AvgIpc) is 2.49. The van der Waals surface area contributed by atoms with E-state index in [1.807, 2.05) is 37.3 Å². The largest absolute Gasteiger partial charge is 0.273 e. The lowest BCUT2D eigenvalue weighted by molar-refractivity contribution is -0.119. The first-order valence-electron chi connectivity index (χ1n) is 6.17. The lowest BCUT2D eigenvalue weighted by Crippen LogP contribution is -2.42. The Bertz CT molecular complexity index is 515. The van der Waals surface area contributed by atoms with Crippen molar-refractivity contribution >= 4 is 11.7 Å². The summed E-state index contributed by atoms with van der Waals surface area (Å²) in [5.41, 5.74) is 4.20. The van der Waals surface area contributed by atoms with Gasteiger partial charge in [-0.2, -0.15) is 0 Å². The molecule has 5 nitrogen and oxygen atoms in total. The Balaban J connectivity index is 2.09. The fraction of sp³-hybridized carbons (Fsp3) is 0.214. The monoisotopic (exact) mass is 256 g/mol. The van der Waals surface area contributed by atoms with Crippen LogP contribution in [-0.2, 0) is 11.3 Å². The average molecular weight is 256 g/mol. The van der Waals surface area contributed by atoms with Crippen molar-refractivity contribution in [2.75, 3.05) is 5.01 Å². The van der Waals surface area contributed by atoms with Crippen molar-refractivity contribution < 1.29 is 4.79 Å². The van der Waals surface area contributed by atoms with Crippen LogP contribution < -0.4 is 10.4 Å². The van der Waals surface area contributed by atoms with Crippen molar-refractivity contribution in [3.63, 3.8) is 0 Å². The van der Waals surface area contributed by atoms with Gasteiger partial charge in [-0.3, -0.25) is 4.79 Å². The number of benzene rings is 1. The van der Waals surface area contributed by atoms with Crippen LogP contribution in [0.15, 0.2) is 48.9 Å². The van der Waals surface area contributed by atoms with Crippen LogP contribution in [0.4, 0.5) is 5.82 Å². The molecule has 2 aromatic rings. The molecule has 19 heavy (non-hydrogen) atoms. The summed E-state index contributed by atoms with van der Waals surface area (Å²) in [7, 11) is 0. The molecule has 0 atom stereocenters. The lowest BCUT2D eigenvalue weighted by Gasteiger charge is -2.21. The minimum absolute atomic E-state index is 0.0327. The second-order valence-corrected chi connectivity index (χ2v) is 3.97. The maximum Gasteiger partial charge on any atom is 0.242 e. The highest BCUT2D eigenvalue weighted by atomic mass is 16.2. The number of aromatic nitrogens is 2. The van der Waals surface area contributed by atoms with Gasteiger partial charge in [0.1, 0.15) is 6.33 Å². The van der Waals surface area contributed by atoms with Crippen LogP contribution in [-0.4, -0.2) is 15.9 Å². The summed E-state index contributed by atoms with van der Waals surface area (Å²) < 4.78 is 0. The maximum absolute atomic E-state index is 11.9. The topological polar surface area (TPSA) is 58.1 Å². The molecule has 1 aromatic heterocycles. The summed E-state index contributed by atoms with van der Waals surface area (Å²) in [4.78, 5) is 19.9. The Kier molecular flexibility index (Phi) is 4.58. The summed E-state index contributed by atoms with van der Waals surface area (Å²) in [5, 5.41) is 1.47. The van der Waals surface area contributed by atoms with E-state index in [1.165, 1.54) is 11.3 Å². The predicted molar refractivity (Wildman–Crippen MR) is 73.1 cm³/mol. The fourth-order valence-electron chi connectivity index (χ4n) is 1.64. The van der Waals surface area contributed by atoms with Gasteiger partial charge in [0.05, 0.1) is 0 Å². The summed E-state index contributed by atoms with van der Waals surface area (Å²) in [6.07, 6.45) is 3.45. The second kappa shape index (κ2) is 6.61. The molecule has 0 unspecified atom stereocenters. The summed E-state index contributed by atoms with van der Waals surface area (Å²) in [6, 6.07) is 11.6. The van der Waals surface area contributed by atoms with Gasteiger partial charge in [-0.1, -0.05) is 37.3 Å². The number of nitrogens with one attached hydrogen (secondary N) is 1. The normalized spacial score (nSPS) is 10.2. The van der Waals surface area contributed by atoms with Gasteiger partial charge in [-0.25, -0.2) is 20.4 Å². The number of amides is 1. The number of hydrogen-bond donors (Lipinski definition) is 1. The van der Waals surface area contributed by atoms with Crippen molar-refractivity contribution in [1.29, 1.82) is 0 Å². The minimum Gasteiger partial charge on any atom is -0.273 e. The first-order chi connectivity index (χ1) is 9.31. The molecule has 5 heteroatoms. The van der Waals surface area contributed by atoms with Crippen molar-refractivity contribution in [2.24, 2.45) is 0 Å². The number of rotatable bonds is 5.